The number of carbonyl (C=O) groups excluding carboxylic acids is 4. The van der Waals surface area contributed by atoms with Crippen LogP contribution in [0.25, 0.3) is 0 Å². The van der Waals surface area contributed by atoms with Crippen LogP contribution < -0.4 is 10.2 Å². The molecule has 1 saturated heterocycles. The normalized spacial score (nSPS) is 19.7. The van der Waals surface area contributed by atoms with Gasteiger partial charge in [-0.2, -0.15) is 0 Å². The maximum Gasteiger partial charge on any atom is 0.354 e. The van der Waals surface area contributed by atoms with Gasteiger partial charge in [-0.1, -0.05) is 30.3 Å². The molecule has 8 heteroatoms. The first kappa shape index (κ1) is 20.6. The summed E-state index contributed by atoms with van der Waals surface area (Å²) in [5.74, 6) is -1.89. The fourth-order valence-corrected chi connectivity index (χ4v) is 4.32. The Morgan fingerprint density at radius 2 is 1.81 bits per heavy atom. The zero-order valence-electron chi connectivity index (χ0n) is 17.4. The van der Waals surface area contributed by atoms with Crippen molar-refractivity contribution >= 4 is 35.1 Å². The van der Waals surface area contributed by atoms with Gasteiger partial charge < -0.3 is 15.0 Å². The highest BCUT2D eigenvalue weighted by Gasteiger charge is 2.61. The number of nitrogens with zero attached hydrogens (tertiary/aromatic N) is 2. The van der Waals surface area contributed by atoms with Crippen molar-refractivity contribution in [3.8, 4) is 0 Å². The monoisotopic (exact) mass is 421 g/mol. The van der Waals surface area contributed by atoms with Crippen LogP contribution in [-0.2, 0) is 19.1 Å². The van der Waals surface area contributed by atoms with Gasteiger partial charge in [-0.25, -0.2) is 4.79 Å². The molecule has 3 amide bonds. The molecule has 0 radical (unpaired) electrons. The maximum absolute atomic E-state index is 13.3. The largest absolute Gasteiger partial charge is 0.452 e. The molecule has 2 aromatic carbocycles. The lowest BCUT2D eigenvalue weighted by Gasteiger charge is -2.47. The number of esters is 1. The van der Waals surface area contributed by atoms with E-state index in [1.54, 1.807) is 43.3 Å². The molecule has 1 N–H and O–H groups in total. The molecule has 160 valence electrons. The summed E-state index contributed by atoms with van der Waals surface area (Å²) in [6.07, 6.45) is 0.209. The van der Waals surface area contributed by atoms with Crippen LogP contribution in [0.3, 0.4) is 0 Å². The van der Waals surface area contributed by atoms with Crippen molar-refractivity contribution in [1.29, 1.82) is 0 Å². The van der Waals surface area contributed by atoms with E-state index in [1.807, 2.05) is 19.1 Å². The minimum atomic E-state index is -1.58. The van der Waals surface area contributed by atoms with Crippen molar-refractivity contribution < 1.29 is 23.9 Å². The summed E-state index contributed by atoms with van der Waals surface area (Å²) in [5.41, 5.74) is 0.665. The molecule has 2 heterocycles. The number of aryl methyl sites for hydroxylation is 1. The Labute approximate surface area is 179 Å². The second-order valence-electron chi connectivity index (χ2n) is 7.55. The summed E-state index contributed by atoms with van der Waals surface area (Å²) in [6, 6.07) is 14.0. The summed E-state index contributed by atoms with van der Waals surface area (Å²) in [4.78, 5) is 54.3. The number of likely N-dealkylation sites (N-methyl/N-ethyl adjacent to an activating group) is 1. The van der Waals surface area contributed by atoms with E-state index in [4.69, 9.17) is 4.74 Å². The number of ether oxygens (including phenoxy) is 1. The summed E-state index contributed by atoms with van der Waals surface area (Å²) in [5, 5.41) is 2.71. The van der Waals surface area contributed by atoms with Gasteiger partial charge in [0.05, 0.1) is 11.3 Å². The Balaban J connectivity index is 1.60. The van der Waals surface area contributed by atoms with Crippen LogP contribution in [0.1, 0.15) is 35.7 Å². The maximum atomic E-state index is 13.3. The first-order valence-electron chi connectivity index (χ1n) is 10.2. The third kappa shape index (κ3) is 3.24. The molecule has 2 aliphatic heterocycles. The van der Waals surface area contributed by atoms with E-state index in [-0.39, 0.29) is 31.2 Å². The van der Waals surface area contributed by atoms with Crippen LogP contribution in [0.2, 0.25) is 0 Å². The predicted octanol–water partition coefficient (Wildman–Crippen LogP) is 2.48. The lowest BCUT2D eigenvalue weighted by molar-refractivity contribution is -0.159. The van der Waals surface area contributed by atoms with Crippen LogP contribution >= 0.6 is 0 Å². The zero-order valence-corrected chi connectivity index (χ0v) is 17.4. The van der Waals surface area contributed by atoms with Gasteiger partial charge in [0.25, 0.3) is 11.8 Å². The van der Waals surface area contributed by atoms with Gasteiger partial charge in [-0.3, -0.25) is 19.3 Å². The Bertz CT molecular complexity index is 1080. The predicted molar refractivity (Wildman–Crippen MR) is 113 cm³/mol. The lowest BCUT2D eigenvalue weighted by atomic mass is 9.96. The van der Waals surface area contributed by atoms with E-state index in [9.17, 15) is 19.2 Å². The molecule has 2 aromatic rings. The molecule has 0 spiro atoms. The molecule has 0 saturated carbocycles. The molecule has 0 aliphatic carbocycles. The van der Waals surface area contributed by atoms with E-state index in [2.05, 4.69) is 5.32 Å². The van der Waals surface area contributed by atoms with E-state index >= 15 is 0 Å². The quantitative estimate of drug-likeness (QED) is 0.749. The van der Waals surface area contributed by atoms with Crippen molar-refractivity contribution in [2.45, 2.75) is 32.4 Å². The molecular weight excluding hydrogens is 398 g/mol. The molecule has 31 heavy (non-hydrogen) atoms. The summed E-state index contributed by atoms with van der Waals surface area (Å²) in [6.45, 7) is 3.28. The fraction of sp³-hybridized carbons (Fsp3) is 0.304. The minimum absolute atomic E-state index is 0.0998. The minimum Gasteiger partial charge on any atom is -0.452 e. The standard InChI is InChI=1S/C23H23N3O5/c1-3-25-21(29)16-9-5-7-11-18(16)26-20(28)12-13-23(25,26)22(30)31-14-19(27)24-17-10-6-4-8-15(17)2/h4-11H,3,12-14H2,1-2H3,(H,24,27)/t23-/m0/s1. The third-order valence-electron chi connectivity index (χ3n) is 5.77. The average molecular weight is 421 g/mol. The molecular formula is C23H23N3O5. The highest BCUT2D eigenvalue weighted by atomic mass is 16.5. The Kier molecular flexibility index (Phi) is 5.22. The second-order valence-corrected chi connectivity index (χ2v) is 7.55. The van der Waals surface area contributed by atoms with Crippen LogP contribution in [0.15, 0.2) is 48.5 Å². The van der Waals surface area contributed by atoms with E-state index in [1.165, 1.54) is 9.80 Å². The Morgan fingerprint density at radius 3 is 2.55 bits per heavy atom. The van der Waals surface area contributed by atoms with Crippen molar-refractivity contribution in [2.75, 3.05) is 23.4 Å². The SMILES string of the molecule is CCN1C(=O)c2ccccc2N2C(=O)CC[C@]12C(=O)OCC(=O)Nc1ccccc1C. The number of para-hydroxylation sites is 2. The van der Waals surface area contributed by atoms with Gasteiger partial charge in [-0.05, 0) is 37.6 Å². The number of hydrogen-bond acceptors (Lipinski definition) is 5. The zero-order chi connectivity index (χ0) is 22.2. The number of fused-ring (bicyclic) bond motifs is 3. The van der Waals surface area contributed by atoms with Crippen LogP contribution in [0.5, 0.6) is 0 Å². The second kappa shape index (κ2) is 7.86. The summed E-state index contributed by atoms with van der Waals surface area (Å²) in [7, 11) is 0. The van der Waals surface area contributed by atoms with Crippen LogP contribution in [-0.4, -0.2) is 47.4 Å². The first-order valence-corrected chi connectivity index (χ1v) is 10.2. The van der Waals surface area contributed by atoms with Gasteiger partial charge in [0.1, 0.15) is 0 Å². The van der Waals surface area contributed by atoms with Crippen LogP contribution in [0, 0.1) is 6.92 Å². The van der Waals surface area contributed by atoms with Crippen molar-refractivity contribution in [2.24, 2.45) is 0 Å². The fourth-order valence-electron chi connectivity index (χ4n) is 4.32. The number of nitrogens with one attached hydrogen (secondary N) is 1. The van der Waals surface area contributed by atoms with E-state index < -0.39 is 24.1 Å². The van der Waals surface area contributed by atoms with Gasteiger partial charge in [0.2, 0.25) is 11.6 Å². The van der Waals surface area contributed by atoms with Crippen molar-refractivity contribution in [1.82, 2.24) is 4.90 Å². The van der Waals surface area contributed by atoms with Crippen LogP contribution in [0.4, 0.5) is 11.4 Å². The Hall–Kier alpha value is -3.68. The Morgan fingerprint density at radius 1 is 1.10 bits per heavy atom. The van der Waals surface area contributed by atoms with E-state index in [0.29, 0.717) is 16.9 Å². The highest BCUT2D eigenvalue weighted by molar-refractivity contribution is 6.15. The van der Waals surface area contributed by atoms with Crippen molar-refractivity contribution in [3.63, 3.8) is 0 Å². The average Bonchev–Trinajstić information content (AvgIpc) is 3.12. The van der Waals surface area contributed by atoms with Gasteiger partial charge in [0.15, 0.2) is 6.61 Å². The molecule has 0 aromatic heterocycles. The molecule has 4 rings (SSSR count). The molecule has 8 nitrogen and oxygen atoms in total. The summed E-state index contributed by atoms with van der Waals surface area (Å²) >= 11 is 0. The van der Waals surface area contributed by atoms with Gasteiger partial charge in [0, 0.05) is 25.1 Å². The van der Waals surface area contributed by atoms with Gasteiger partial charge in [-0.15, -0.1) is 0 Å². The smallest absolute Gasteiger partial charge is 0.354 e. The van der Waals surface area contributed by atoms with E-state index in [0.717, 1.165) is 5.56 Å². The molecule has 2 aliphatic rings. The number of carbonyl (C=O) groups is 4. The molecule has 0 unspecified atom stereocenters. The topological polar surface area (TPSA) is 96.0 Å². The molecule has 0 bridgehead atoms. The lowest BCUT2D eigenvalue weighted by Crippen LogP contribution is -2.68. The number of anilines is 2. The number of rotatable bonds is 5. The number of benzene rings is 2. The number of amides is 3. The summed E-state index contributed by atoms with van der Waals surface area (Å²) < 4.78 is 5.37. The number of hydrogen-bond donors (Lipinski definition) is 1. The van der Waals surface area contributed by atoms with Gasteiger partial charge >= 0.3 is 5.97 Å². The third-order valence-corrected chi connectivity index (χ3v) is 5.77. The highest BCUT2D eigenvalue weighted by Crippen LogP contribution is 2.44. The molecule has 1 atom stereocenters. The first-order chi connectivity index (χ1) is 14.9. The van der Waals surface area contributed by atoms with Crippen molar-refractivity contribution in [3.05, 3.63) is 59.7 Å². The molecule has 1 fully saturated rings.